The van der Waals surface area contributed by atoms with Crippen LogP contribution in [0.4, 0.5) is 4.39 Å². The van der Waals surface area contributed by atoms with Gasteiger partial charge >= 0.3 is 0 Å². The predicted octanol–water partition coefficient (Wildman–Crippen LogP) is 4.48. The summed E-state index contributed by atoms with van der Waals surface area (Å²) in [5, 5.41) is 0.245. The molecule has 0 aliphatic rings. The van der Waals surface area contributed by atoms with Crippen molar-refractivity contribution in [3.05, 3.63) is 81.4 Å². The largest absolute Gasteiger partial charge is 0.346 e. The van der Waals surface area contributed by atoms with Gasteiger partial charge in [-0.2, -0.15) is 0 Å². The van der Waals surface area contributed by atoms with E-state index in [1.54, 1.807) is 24.4 Å². The predicted molar refractivity (Wildman–Crippen MR) is 97.7 cm³/mol. The standard InChI is InChI=1S/C21H20FNO2/c1-3-4-11-23-13-18(20(24)15-7-5-14(2)6-8-15)21(25)17-12-16(22)9-10-19(17)23/h5-10,12-13H,3-4,11H2,1-2H3. The van der Waals surface area contributed by atoms with Crippen molar-refractivity contribution in [3.63, 3.8) is 0 Å². The molecular weight excluding hydrogens is 317 g/mol. The summed E-state index contributed by atoms with van der Waals surface area (Å²) in [6, 6.07) is 11.2. The van der Waals surface area contributed by atoms with Gasteiger partial charge in [-0.1, -0.05) is 43.2 Å². The highest BCUT2D eigenvalue weighted by atomic mass is 19.1. The summed E-state index contributed by atoms with van der Waals surface area (Å²) in [4.78, 5) is 25.6. The molecule has 0 spiro atoms. The first kappa shape index (κ1) is 17.1. The second-order valence-corrected chi connectivity index (χ2v) is 6.28. The second kappa shape index (κ2) is 7.01. The molecule has 25 heavy (non-hydrogen) atoms. The Balaban J connectivity index is 2.20. The van der Waals surface area contributed by atoms with Crippen molar-refractivity contribution >= 4 is 16.7 Å². The first-order chi connectivity index (χ1) is 12.0. The van der Waals surface area contributed by atoms with E-state index in [-0.39, 0.29) is 16.7 Å². The number of hydrogen-bond donors (Lipinski definition) is 0. The van der Waals surface area contributed by atoms with Crippen molar-refractivity contribution in [2.45, 2.75) is 33.2 Å². The molecule has 0 unspecified atom stereocenters. The van der Waals surface area contributed by atoms with Gasteiger partial charge in [0.1, 0.15) is 5.82 Å². The van der Waals surface area contributed by atoms with Crippen LogP contribution in [0.15, 0.2) is 53.5 Å². The highest BCUT2D eigenvalue weighted by Gasteiger charge is 2.17. The normalized spacial score (nSPS) is 11.0. The van der Waals surface area contributed by atoms with Crippen LogP contribution in [0.2, 0.25) is 0 Å². The van der Waals surface area contributed by atoms with Crippen LogP contribution in [0.1, 0.15) is 41.3 Å². The van der Waals surface area contributed by atoms with Gasteiger partial charge in [-0.05, 0) is 31.5 Å². The zero-order valence-corrected chi connectivity index (χ0v) is 14.4. The van der Waals surface area contributed by atoms with Gasteiger partial charge in [0.25, 0.3) is 0 Å². The van der Waals surface area contributed by atoms with Crippen LogP contribution < -0.4 is 5.43 Å². The fourth-order valence-electron chi connectivity index (χ4n) is 2.91. The Labute approximate surface area is 145 Å². The minimum Gasteiger partial charge on any atom is -0.346 e. The SMILES string of the molecule is CCCCn1cc(C(=O)c2ccc(C)cc2)c(=O)c2cc(F)ccc21. The summed E-state index contributed by atoms with van der Waals surface area (Å²) in [6.07, 6.45) is 3.50. The number of fused-ring (bicyclic) bond motifs is 1. The molecule has 0 radical (unpaired) electrons. The third-order valence-corrected chi connectivity index (χ3v) is 4.35. The lowest BCUT2D eigenvalue weighted by Crippen LogP contribution is -2.20. The summed E-state index contributed by atoms with van der Waals surface area (Å²) in [5.41, 5.74) is 1.81. The quantitative estimate of drug-likeness (QED) is 0.644. The zero-order chi connectivity index (χ0) is 18.0. The van der Waals surface area contributed by atoms with Crippen molar-refractivity contribution in [2.75, 3.05) is 0 Å². The van der Waals surface area contributed by atoms with Crippen molar-refractivity contribution in [1.29, 1.82) is 0 Å². The Bertz CT molecular complexity index is 987. The number of nitrogens with zero attached hydrogens (tertiary/aromatic N) is 1. The minimum absolute atomic E-state index is 0.0815. The van der Waals surface area contributed by atoms with Gasteiger partial charge in [-0.15, -0.1) is 0 Å². The maximum atomic E-state index is 13.7. The topological polar surface area (TPSA) is 39.1 Å². The van der Waals surface area contributed by atoms with Crippen molar-refractivity contribution < 1.29 is 9.18 Å². The van der Waals surface area contributed by atoms with Gasteiger partial charge < -0.3 is 4.57 Å². The number of benzene rings is 2. The molecule has 4 heteroatoms. The van der Waals surface area contributed by atoms with Crippen molar-refractivity contribution in [1.82, 2.24) is 4.57 Å². The third kappa shape index (κ3) is 3.38. The van der Waals surface area contributed by atoms with E-state index in [1.807, 2.05) is 23.6 Å². The summed E-state index contributed by atoms with van der Waals surface area (Å²) in [5.74, 6) is -0.812. The molecule has 1 heterocycles. The maximum absolute atomic E-state index is 13.7. The number of pyridine rings is 1. The number of aromatic nitrogens is 1. The number of carbonyl (C=O) groups is 1. The van der Waals surface area contributed by atoms with Gasteiger partial charge in [0.2, 0.25) is 5.43 Å². The Kier molecular flexibility index (Phi) is 4.79. The number of unbranched alkanes of at least 4 members (excludes halogenated alkanes) is 1. The summed E-state index contributed by atoms with van der Waals surface area (Å²) in [7, 11) is 0. The number of halogens is 1. The molecule has 128 valence electrons. The minimum atomic E-state index is -0.480. The molecule has 1 aromatic heterocycles. The van der Waals surface area contributed by atoms with E-state index in [9.17, 15) is 14.0 Å². The Hall–Kier alpha value is -2.75. The number of rotatable bonds is 5. The van der Waals surface area contributed by atoms with Crippen molar-refractivity contribution in [3.8, 4) is 0 Å². The number of ketones is 1. The van der Waals surface area contributed by atoms with Gasteiger partial charge in [0.05, 0.1) is 11.1 Å². The van der Waals surface area contributed by atoms with Crippen LogP contribution in [-0.4, -0.2) is 10.4 Å². The fourth-order valence-corrected chi connectivity index (χ4v) is 2.91. The molecule has 0 atom stereocenters. The molecule has 3 rings (SSSR count). The van der Waals surface area contributed by atoms with E-state index >= 15 is 0 Å². The van der Waals surface area contributed by atoms with Gasteiger partial charge in [-0.25, -0.2) is 4.39 Å². The van der Waals surface area contributed by atoms with E-state index in [0.717, 1.165) is 18.4 Å². The molecule has 3 aromatic rings. The smallest absolute Gasteiger partial charge is 0.200 e. The molecule has 0 aliphatic heterocycles. The lowest BCUT2D eigenvalue weighted by atomic mass is 10.0. The van der Waals surface area contributed by atoms with Gasteiger partial charge in [0, 0.05) is 23.7 Å². The van der Waals surface area contributed by atoms with Crippen LogP contribution in [-0.2, 0) is 6.54 Å². The van der Waals surface area contributed by atoms with Gasteiger partial charge in [0.15, 0.2) is 5.78 Å². The Morgan fingerprint density at radius 3 is 2.52 bits per heavy atom. The molecule has 3 nitrogen and oxygen atoms in total. The second-order valence-electron chi connectivity index (χ2n) is 6.28. The zero-order valence-electron chi connectivity index (χ0n) is 14.4. The van der Waals surface area contributed by atoms with Crippen LogP contribution in [0, 0.1) is 12.7 Å². The van der Waals surface area contributed by atoms with E-state index in [4.69, 9.17) is 0 Å². The van der Waals surface area contributed by atoms with Crippen molar-refractivity contribution in [2.24, 2.45) is 0 Å². The number of aryl methyl sites for hydroxylation is 2. The average molecular weight is 337 g/mol. The number of hydrogen-bond acceptors (Lipinski definition) is 2. The van der Waals surface area contributed by atoms with E-state index in [0.29, 0.717) is 17.6 Å². The first-order valence-electron chi connectivity index (χ1n) is 8.45. The number of carbonyl (C=O) groups excluding carboxylic acids is 1. The van der Waals surface area contributed by atoms with E-state index in [1.165, 1.54) is 12.1 Å². The highest BCUT2D eigenvalue weighted by Crippen LogP contribution is 2.17. The Morgan fingerprint density at radius 2 is 1.84 bits per heavy atom. The molecule has 0 fully saturated rings. The summed E-state index contributed by atoms with van der Waals surface area (Å²) < 4.78 is 15.5. The molecule has 0 N–H and O–H groups in total. The van der Waals surface area contributed by atoms with Crippen LogP contribution in [0.25, 0.3) is 10.9 Å². The molecule has 0 saturated carbocycles. The van der Waals surface area contributed by atoms with Gasteiger partial charge in [-0.3, -0.25) is 9.59 Å². The van der Waals surface area contributed by atoms with Crippen LogP contribution >= 0.6 is 0 Å². The molecular formula is C21H20FNO2. The van der Waals surface area contributed by atoms with Crippen LogP contribution in [0.3, 0.4) is 0 Å². The maximum Gasteiger partial charge on any atom is 0.200 e. The molecule has 2 aromatic carbocycles. The average Bonchev–Trinajstić information content (AvgIpc) is 2.61. The Morgan fingerprint density at radius 1 is 1.12 bits per heavy atom. The molecule has 0 aliphatic carbocycles. The van der Waals surface area contributed by atoms with E-state index < -0.39 is 11.2 Å². The van der Waals surface area contributed by atoms with Crippen LogP contribution in [0.5, 0.6) is 0 Å². The highest BCUT2D eigenvalue weighted by molar-refractivity contribution is 6.10. The molecule has 0 amide bonds. The first-order valence-corrected chi connectivity index (χ1v) is 8.45. The monoisotopic (exact) mass is 337 g/mol. The lowest BCUT2D eigenvalue weighted by molar-refractivity contribution is 0.103. The third-order valence-electron chi connectivity index (χ3n) is 4.35. The molecule has 0 saturated heterocycles. The fraction of sp³-hybridized carbons (Fsp3) is 0.238. The van der Waals surface area contributed by atoms with E-state index in [2.05, 4.69) is 6.92 Å². The summed E-state index contributed by atoms with van der Waals surface area (Å²) >= 11 is 0. The molecule has 0 bridgehead atoms. The lowest BCUT2D eigenvalue weighted by Gasteiger charge is -2.13. The summed E-state index contributed by atoms with van der Waals surface area (Å²) in [6.45, 7) is 4.68.